The second-order valence-corrected chi connectivity index (χ2v) is 23.1. The van der Waals surface area contributed by atoms with Crippen LogP contribution in [0, 0.1) is 0 Å². The molecule has 0 radical (unpaired) electrons. The van der Waals surface area contributed by atoms with E-state index in [1.54, 1.807) is 6.92 Å². The van der Waals surface area contributed by atoms with Crippen molar-refractivity contribution in [3.63, 3.8) is 0 Å². The van der Waals surface area contributed by atoms with Gasteiger partial charge in [0.05, 0.1) is 9.49 Å². The average molecular weight is 905 g/mol. The van der Waals surface area contributed by atoms with E-state index in [1.165, 1.54) is 33.4 Å². The maximum absolute atomic E-state index is 14.5. The van der Waals surface area contributed by atoms with E-state index in [4.69, 9.17) is 4.74 Å². The Morgan fingerprint density at radius 1 is 0.446 bits per heavy atom. The lowest BCUT2D eigenvalue weighted by atomic mass is 9.84. The summed E-state index contributed by atoms with van der Waals surface area (Å²) in [6, 6.07) is 64.7. The summed E-state index contributed by atoms with van der Waals surface area (Å²) in [6.07, 6.45) is 0.912. The number of Topliss-reactive ketones (excluding diaryl/α,β-unsaturated/α-hetero) is 1. The standard InChI is InChI=1S/C58H68N2O3S2/c1-46(61)28-27-41-59(44-55(5,6)64-57(47-29-15-9-16-30-47,48-31-17-10-18-32-48)49-33-19-11-20-34-49)42-43-60(53(62)63-54(2,3)4)45-56(7,8)65-58(50-35-21-12-22-36-50,51-37-23-13-24-38-51)52-39-25-14-26-40-52/h9-26,29-40H,27-28,41-45H2,1-8H3. The number of hydrogen-bond acceptors (Lipinski definition) is 6. The van der Waals surface area contributed by atoms with E-state index in [1.807, 2.05) is 49.2 Å². The largest absolute Gasteiger partial charge is 0.444 e. The number of ketones is 1. The highest BCUT2D eigenvalue weighted by Gasteiger charge is 2.45. The molecule has 0 aromatic heterocycles. The average Bonchev–Trinajstić information content (AvgIpc) is 3.29. The minimum Gasteiger partial charge on any atom is -0.444 e. The van der Waals surface area contributed by atoms with Gasteiger partial charge in [0.25, 0.3) is 0 Å². The first-order chi connectivity index (χ1) is 31.0. The first kappa shape index (κ1) is 49.4. The fraction of sp³-hybridized carbons (Fsp3) is 0.345. The summed E-state index contributed by atoms with van der Waals surface area (Å²) in [5.41, 5.74) is 6.49. The van der Waals surface area contributed by atoms with Crippen molar-refractivity contribution in [3.8, 4) is 0 Å². The molecule has 5 nitrogen and oxygen atoms in total. The molecule has 0 bridgehead atoms. The summed E-state index contributed by atoms with van der Waals surface area (Å²) in [5.74, 6) is 0.183. The molecule has 340 valence electrons. The molecule has 0 N–H and O–H groups in total. The van der Waals surface area contributed by atoms with Gasteiger partial charge in [0.2, 0.25) is 0 Å². The van der Waals surface area contributed by atoms with Crippen LogP contribution in [0.2, 0.25) is 0 Å². The predicted molar refractivity (Wildman–Crippen MR) is 276 cm³/mol. The van der Waals surface area contributed by atoms with Crippen LogP contribution in [0.5, 0.6) is 0 Å². The van der Waals surface area contributed by atoms with Crippen LogP contribution in [-0.4, -0.2) is 69.5 Å². The van der Waals surface area contributed by atoms with Gasteiger partial charge in [0.15, 0.2) is 0 Å². The van der Waals surface area contributed by atoms with E-state index >= 15 is 0 Å². The van der Waals surface area contributed by atoms with Gasteiger partial charge in [-0.2, -0.15) is 0 Å². The third-order valence-electron chi connectivity index (χ3n) is 11.5. The van der Waals surface area contributed by atoms with Gasteiger partial charge in [-0.25, -0.2) is 4.79 Å². The molecule has 0 aliphatic heterocycles. The summed E-state index contributed by atoms with van der Waals surface area (Å²) in [6.45, 7) is 19.6. The van der Waals surface area contributed by atoms with Crippen molar-refractivity contribution in [2.75, 3.05) is 32.7 Å². The van der Waals surface area contributed by atoms with Crippen molar-refractivity contribution in [2.45, 2.75) is 92.8 Å². The second-order valence-electron chi connectivity index (χ2n) is 19.3. The highest BCUT2D eigenvalue weighted by atomic mass is 32.2. The van der Waals surface area contributed by atoms with Gasteiger partial charge in [0, 0.05) is 42.1 Å². The summed E-state index contributed by atoms with van der Waals surface area (Å²) in [5, 5.41) is 0. The molecule has 0 fully saturated rings. The molecule has 0 unspecified atom stereocenters. The van der Waals surface area contributed by atoms with Crippen LogP contribution in [0.15, 0.2) is 182 Å². The first-order valence-electron chi connectivity index (χ1n) is 23.0. The Labute approximate surface area is 398 Å². The maximum Gasteiger partial charge on any atom is 0.410 e. The molecule has 0 heterocycles. The van der Waals surface area contributed by atoms with Crippen molar-refractivity contribution >= 4 is 35.4 Å². The number of rotatable bonds is 21. The van der Waals surface area contributed by atoms with Crippen molar-refractivity contribution in [3.05, 3.63) is 215 Å². The smallest absolute Gasteiger partial charge is 0.410 e. The van der Waals surface area contributed by atoms with Gasteiger partial charge in [-0.1, -0.05) is 182 Å². The van der Waals surface area contributed by atoms with Crippen LogP contribution in [0.3, 0.4) is 0 Å². The van der Waals surface area contributed by atoms with Gasteiger partial charge in [0.1, 0.15) is 11.4 Å². The summed E-state index contributed by atoms with van der Waals surface area (Å²) in [7, 11) is 0. The summed E-state index contributed by atoms with van der Waals surface area (Å²) >= 11 is 3.84. The fourth-order valence-corrected chi connectivity index (χ4v) is 12.6. The SMILES string of the molecule is CC(=O)CCCN(CCN(CC(C)(C)SC(c1ccccc1)(c1ccccc1)c1ccccc1)C(=O)OC(C)(C)C)CC(C)(C)SC(c1ccccc1)(c1ccccc1)c1ccccc1. The van der Waals surface area contributed by atoms with Crippen LogP contribution in [-0.2, 0) is 19.0 Å². The van der Waals surface area contributed by atoms with Crippen molar-refractivity contribution in [1.29, 1.82) is 0 Å². The zero-order valence-corrected chi connectivity index (χ0v) is 41.3. The Hall–Kier alpha value is -5.08. The van der Waals surface area contributed by atoms with Gasteiger partial charge in [-0.05, 0) is 102 Å². The third-order valence-corrected chi connectivity index (χ3v) is 14.8. The quantitative estimate of drug-likeness (QED) is 0.0671. The lowest BCUT2D eigenvalue weighted by Crippen LogP contribution is -2.49. The third kappa shape index (κ3) is 13.1. The second kappa shape index (κ2) is 21.9. The zero-order valence-electron chi connectivity index (χ0n) is 39.7. The monoisotopic (exact) mass is 904 g/mol. The lowest BCUT2D eigenvalue weighted by molar-refractivity contribution is -0.117. The Morgan fingerprint density at radius 2 is 0.754 bits per heavy atom. The van der Waals surface area contributed by atoms with Gasteiger partial charge in [-0.15, -0.1) is 23.5 Å². The number of carbonyl (C=O) groups excluding carboxylic acids is 2. The number of amides is 1. The van der Waals surface area contributed by atoms with Gasteiger partial charge < -0.3 is 19.3 Å². The maximum atomic E-state index is 14.5. The topological polar surface area (TPSA) is 49.9 Å². The molecular formula is C58H68N2O3S2. The number of thioether (sulfide) groups is 2. The highest BCUT2D eigenvalue weighted by Crippen LogP contribution is 2.55. The van der Waals surface area contributed by atoms with Crippen LogP contribution >= 0.6 is 23.5 Å². The fourth-order valence-electron chi connectivity index (χ4n) is 8.93. The molecule has 0 atom stereocenters. The van der Waals surface area contributed by atoms with Crippen molar-refractivity contribution in [2.24, 2.45) is 0 Å². The van der Waals surface area contributed by atoms with E-state index in [0.29, 0.717) is 26.1 Å². The molecule has 1 amide bonds. The highest BCUT2D eigenvalue weighted by molar-refractivity contribution is 8.02. The Balaban J connectivity index is 1.35. The van der Waals surface area contributed by atoms with Crippen LogP contribution in [0.25, 0.3) is 0 Å². The lowest BCUT2D eigenvalue weighted by Gasteiger charge is -2.44. The summed E-state index contributed by atoms with van der Waals surface area (Å²) in [4.78, 5) is 31.2. The van der Waals surface area contributed by atoms with Gasteiger partial charge >= 0.3 is 6.09 Å². The van der Waals surface area contributed by atoms with Gasteiger partial charge in [-0.3, -0.25) is 0 Å². The molecule has 6 aromatic carbocycles. The predicted octanol–water partition coefficient (Wildman–Crippen LogP) is 13.9. The Morgan fingerprint density at radius 3 is 1.05 bits per heavy atom. The Bertz CT molecular complexity index is 2180. The minimum atomic E-state index is -0.677. The molecule has 65 heavy (non-hydrogen) atoms. The first-order valence-corrected chi connectivity index (χ1v) is 24.6. The normalized spacial score (nSPS) is 12.5. The molecule has 0 aliphatic rings. The number of benzene rings is 6. The minimum absolute atomic E-state index is 0.183. The number of hydrogen-bond donors (Lipinski definition) is 0. The van der Waals surface area contributed by atoms with Crippen molar-refractivity contribution < 1.29 is 14.3 Å². The zero-order chi connectivity index (χ0) is 46.6. The molecular weight excluding hydrogens is 837 g/mol. The molecule has 0 saturated heterocycles. The Kier molecular flexibility index (Phi) is 16.7. The van der Waals surface area contributed by atoms with E-state index in [2.05, 4.69) is 215 Å². The number of nitrogens with zero attached hydrogens (tertiary/aromatic N) is 2. The molecule has 6 rings (SSSR count). The number of carbonyl (C=O) groups is 2. The van der Waals surface area contributed by atoms with E-state index in [-0.39, 0.29) is 16.6 Å². The van der Waals surface area contributed by atoms with E-state index < -0.39 is 19.8 Å². The molecule has 0 aliphatic carbocycles. The number of ether oxygens (including phenoxy) is 1. The molecule has 7 heteroatoms. The van der Waals surface area contributed by atoms with Crippen LogP contribution in [0.1, 0.15) is 102 Å². The van der Waals surface area contributed by atoms with E-state index in [9.17, 15) is 9.59 Å². The van der Waals surface area contributed by atoms with Crippen molar-refractivity contribution in [1.82, 2.24) is 9.80 Å². The molecule has 0 saturated carbocycles. The van der Waals surface area contributed by atoms with Crippen LogP contribution < -0.4 is 0 Å². The molecule has 6 aromatic rings. The van der Waals surface area contributed by atoms with E-state index in [0.717, 1.165) is 19.5 Å². The summed E-state index contributed by atoms with van der Waals surface area (Å²) < 4.78 is 4.35. The molecule has 0 spiro atoms. The van der Waals surface area contributed by atoms with Crippen LogP contribution in [0.4, 0.5) is 4.79 Å².